The number of carbonyl (C=O) groups is 1. The SMILES string of the molecule is Cc1cc(I)ccc1NC(=O)CCCOc1ccc(F)cc1. The fourth-order valence-electron chi connectivity index (χ4n) is 1.93. The van der Waals surface area contributed by atoms with Crippen molar-refractivity contribution in [3.8, 4) is 5.75 Å². The Morgan fingerprint density at radius 3 is 2.64 bits per heavy atom. The van der Waals surface area contributed by atoms with Crippen molar-refractivity contribution in [1.29, 1.82) is 0 Å². The van der Waals surface area contributed by atoms with Gasteiger partial charge in [0.15, 0.2) is 0 Å². The molecule has 22 heavy (non-hydrogen) atoms. The number of anilines is 1. The van der Waals surface area contributed by atoms with Crippen LogP contribution in [0.3, 0.4) is 0 Å². The van der Waals surface area contributed by atoms with Gasteiger partial charge in [0, 0.05) is 15.7 Å². The van der Waals surface area contributed by atoms with E-state index in [0.717, 1.165) is 14.8 Å². The summed E-state index contributed by atoms with van der Waals surface area (Å²) in [4.78, 5) is 11.9. The maximum atomic E-state index is 12.7. The highest BCUT2D eigenvalue weighted by atomic mass is 127. The van der Waals surface area contributed by atoms with E-state index in [1.165, 1.54) is 12.1 Å². The lowest BCUT2D eigenvalue weighted by Gasteiger charge is -2.09. The van der Waals surface area contributed by atoms with E-state index in [0.29, 0.717) is 25.2 Å². The van der Waals surface area contributed by atoms with Crippen molar-refractivity contribution in [2.24, 2.45) is 0 Å². The van der Waals surface area contributed by atoms with Crippen LogP contribution < -0.4 is 10.1 Å². The number of carbonyl (C=O) groups excluding carboxylic acids is 1. The van der Waals surface area contributed by atoms with Gasteiger partial charge in [-0.05, 0) is 84.0 Å². The summed E-state index contributed by atoms with van der Waals surface area (Å²) < 4.78 is 19.3. The number of rotatable bonds is 6. The molecule has 0 saturated heterocycles. The molecule has 0 aliphatic carbocycles. The summed E-state index contributed by atoms with van der Waals surface area (Å²) in [5.74, 6) is 0.280. The van der Waals surface area contributed by atoms with Crippen LogP contribution in [0.2, 0.25) is 0 Å². The first kappa shape index (κ1) is 16.7. The van der Waals surface area contributed by atoms with Crippen LogP contribution in [-0.4, -0.2) is 12.5 Å². The van der Waals surface area contributed by atoms with Gasteiger partial charge in [0.05, 0.1) is 6.61 Å². The van der Waals surface area contributed by atoms with Crippen LogP contribution in [-0.2, 0) is 4.79 Å². The molecule has 0 atom stereocenters. The molecule has 0 aliphatic rings. The van der Waals surface area contributed by atoms with Crippen LogP contribution in [0.4, 0.5) is 10.1 Å². The minimum Gasteiger partial charge on any atom is -0.494 e. The minimum atomic E-state index is -0.292. The molecule has 0 fully saturated rings. The zero-order valence-electron chi connectivity index (χ0n) is 12.2. The summed E-state index contributed by atoms with van der Waals surface area (Å²) in [5, 5.41) is 2.90. The van der Waals surface area contributed by atoms with Gasteiger partial charge in [-0.3, -0.25) is 4.79 Å². The van der Waals surface area contributed by atoms with E-state index in [1.54, 1.807) is 12.1 Å². The molecule has 0 bridgehead atoms. The molecule has 3 nitrogen and oxygen atoms in total. The summed E-state index contributed by atoms with van der Waals surface area (Å²) in [5.41, 5.74) is 1.88. The average molecular weight is 413 g/mol. The first-order chi connectivity index (χ1) is 10.5. The second-order valence-electron chi connectivity index (χ2n) is 4.91. The van der Waals surface area contributed by atoms with Gasteiger partial charge in [-0.1, -0.05) is 0 Å². The first-order valence-corrected chi connectivity index (χ1v) is 8.07. The van der Waals surface area contributed by atoms with Crippen molar-refractivity contribution >= 4 is 34.2 Å². The monoisotopic (exact) mass is 413 g/mol. The van der Waals surface area contributed by atoms with Gasteiger partial charge >= 0.3 is 0 Å². The molecule has 5 heteroatoms. The Labute approximate surface area is 143 Å². The number of aryl methyl sites for hydroxylation is 1. The van der Waals surface area contributed by atoms with Crippen molar-refractivity contribution in [1.82, 2.24) is 0 Å². The van der Waals surface area contributed by atoms with Crippen molar-refractivity contribution in [3.05, 3.63) is 57.4 Å². The van der Waals surface area contributed by atoms with Crippen LogP contribution >= 0.6 is 22.6 Å². The van der Waals surface area contributed by atoms with E-state index >= 15 is 0 Å². The summed E-state index contributed by atoms with van der Waals surface area (Å²) in [6.07, 6.45) is 0.985. The number of ether oxygens (including phenoxy) is 1. The summed E-state index contributed by atoms with van der Waals surface area (Å²) >= 11 is 2.24. The zero-order valence-corrected chi connectivity index (χ0v) is 14.4. The normalized spacial score (nSPS) is 10.3. The van der Waals surface area contributed by atoms with Gasteiger partial charge in [-0.25, -0.2) is 4.39 Å². The van der Waals surface area contributed by atoms with Gasteiger partial charge in [-0.2, -0.15) is 0 Å². The summed E-state index contributed by atoms with van der Waals surface area (Å²) in [7, 11) is 0. The second-order valence-corrected chi connectivity index (χ2v) is 6.16. The smallest absolute Gasteiger partial charge is 0.224 e. The highest BCUT2D eigenvalue weighted by Gasteiger charge is 2.05. The van der Waals surface area contributed by atoms with Crippen LogP contribution in [0.1, 0.15) is 18.4 Å². The van der Waals surface area contributed by atoms with E-state index in [9.17, 15) is 9.18 Å². The van der Waals surface area contributed by atoms with E-state index in [2.05, 4.69) is 27.9 Å². The molecule has 1 N–H and O–H groups in total. The third-order valence-electron chi connectivity index (χ3n) is 3.09. The van der Waals surface area contributed by atoms with E-state index < -0.39 is 0 Å². The molecule has 1 amide bonds. The largest absolute Gasteiger partial charge is 0.494 e. The van der Waals surface area contributed by atoms with Gasteiger partial charge in [0.1, 0.15) is 11.6 Å². The molecule has 2 rings (SSSR count). The van der Waals surface area contributed by atoms with Crippen LogP contribution in [0.25, 0.3) is 0 Å². The van der Waals surface area contributed by atoms with E-state index in [-0.39, 0.29) is 11.7 Å². The predicted octanol–water partition coefficient (Wildman–Crippen LogP) is 4.54. The lowest BCUT2D eigenvalue weighted by Crippen LogP contribution is -2.13. The Kier molecular flexibility index (Phi) is 6.18. The van der Waals surface area contributed by atoms with Crippen LogP contribution in [0.15, 0.2) is 42.5 Å². The molecule has 2 aromatic carbocycles. The molecule has 116 valence electrons. The number of hydrogen-bond acceptors (Lipinski definition) is 2. The van der Waals surface area contributed by atoms with Crippen molar-refractivity contribution in [3.63, 3.8) is 0 Å². The molecule has 0 heterocycles. The Hall–Kier alpha value is -1.63. The Balaban J connectivity index is 1.72. The summed E-state index contributed by atoms with van der Waals surface area (Å²) in [6.45, 7) is 2.39. The predicted molar refractivity (Wildman–Crippen MR) is 93.7 cm³/mol. The average Bonchev–Trinajstić information content (AvgIpc) is 2.48. The molecule has 0 saturated carbocycles. The van der Waals surface area contributed by atoms with Gasteiger partial charge < -0.3 is 10.1 Å². The van der Waals surface area contributed by atoms with Crippen molar-refractivity contribution < 1.29 is 13.9 Å². The molecule has 0 radical (unpaired) electrons. The third kappa shape index (κ3) is 5.29. The van der Waals surface area contributed by atoms with Crippen molar-refractivity contribution in [2.75, 3.05) is 11.9 Å². The minimum absolute atomic E-state index is 0.0352. The quantitative estimate of drug-likeness (QED) is 0.558. The topological polar surface area (TPSA) is 38.3 Å². The Morgan fingerprint density at radius 1 is 1.23 bits per heavy atom. The number of nitrogens with one attached hydrogen (secondary N) is 1. The molecule has 2 aromatic rings. The fourth-order valence-corrected chi connectivity index (χ4v) is 2.58. The van der Waals surface area contributed by atoms with Gasteiger partial charge in [-0.15, -0.1) is 0 Å². The number of hydrogen-bond donors (Lipinski definition) is 1. The van der Waals surface area contributed by atoms with Gasteiger partial charge in [0.2, 0.25) is 5.91 Å². The zero-order chi connectivity index (χ0) is 15.9. The number of amides is 1. The molecule has 0 unspecified atom stereocenters. The van der Waals surface area contributed by atoms with Crippen LogP contribution in [0.5, 0.6) is 5.75 Å². The highest BCUT2D eigenvalue weighted by Crippen LogP contribution is 2.18. The first-order valence-electron chi connectivity index (χ1n) is 6.99. The van der Waals surface area contributed by atoms with E-state index in [1.807, 2.05) is 25.1 Å². The standard InChI is InChI=1S/C17H17FINO2/c1-12-11-14(19)6-9-16(12)20-17(21)3-2-10-22-15-7-4-13(18)5-8-15/h4-9,11H,2-3,10H2,1H3,(H,20,21). The lowest BCUT2D eigenvalue weighted by molar-refractivity contribution is -0.116. The van der Waals surface area contributed by atoms with Gasteiger partial charge in [0.25, 0.3) is 0 Å². The van der Waals surface area contributed by atoms with Crippen molar-refractivity contribution in [2.45, 2.75) is 19.8 Å². The highest BCUT2D eigenvalue weighted by molar-refractivity contribution is 14.1. The van der Waals surface area contributed by atoms with E-state index in [4.69, 9.17) is 4.74 Å². The van der Waals surface area contributed by atoms with Crippen LogP contribution in [0, 0.1) is 16.3 Å². The molecular weight excluding hydrogens is 396 g/mol. The fraction of sp³-hybridized carbons (Fsp3) is 0.235. The maximum absolute atomic E-state index is 12.7. The lowest BCUT2D eigenvalue weighted by atomic mass is 10.2. The number of halogens is 2. The third-order valence-corrected chi connectivity index (χ3v) is 3.76. The molecule has 0 spiro atoms. The molecule has 0 aromatic heterocycles. The summed E-state index contributed by atoms with van der Waals surface area (Å²) in [6, 6.07) is 11.7. The Morgan fingerprint density at radius 2 is 1.95 bits per heavy atom. The molecule has 0 aliphatic heterocycles. The molecular formula is C17H17FINO2. The maximum Gasteiger partial charge on any atom is 0.224 e. The second kappa shape index (κ2) is 8.12. The Bertz CT molecular complexity index is 644. The number of benzene rings is 2.